The number of alkyl halides is 3. The average molecular weight is 603 g/mol. The number of halogens is 3. The van der Waals surface area contributed by atoms with Crippen LogP contribution in [0.15, 0.2) is 46.9 Å². The molecule has 232 valence electrons. The third-order valence-electron chi connectivity index (χ3n) is 8.50. The quantitative estimate of drug-likeness (QED) is 0.231. The van der Waals surface area contributed by atoms with Crippen LogP contribution in [0.4, 0.5) is 24.5 Å². The summed E-state index contributed by atoms with van der Waals surface area (Å²) in [5, 5.41) is 15.2. The van der Waals surface area contributed by atoms with Gasteiger partial charge >= 0.3 is 6.18 Å². The molecule has 2 aromatic carbocycles. The average Bonchev–Trinajstić information content (AvgIpc) is 3.37. The molecule has 1 aliphatic carbocycles. The first kappa shape index (κ1) is 30.8. The molecule has 5 rings (SSSR count). The summed E-state index contributed by atoms with van der Waals surface area (Å²) in [7, 11) is 0. The number of piperazine rings is 1. The second kappa shape index (κ2) is 12.9. The number of benzene rings is 2. The molecule has 2 aliphatic rings. The number of amides is 1. The van der Waals surface area contributed by atoms with E-state index in [0.29, 0.717) is 38.8 Å². The number of carbonyl (C=O) groups excluding carboxylic acids is 1. The van der Waals surface area contributed by atoms with Gasteiger partial charge in [0.05, 0.1) is 11.0 Å². The van der Waals surface area contributed by atoms with Gasteiger partial charge in [0.15, 0.2) is 0 Å². The molecule has 1 amide bonds. The number of ether oxygens (including phenoxy) is 1. The highest BCUT2D eigenvalue weighted by Gasteiger charge is 2.38. The molecule has 1 aromatic heterocycles. The highest BCUT2D eigenvalue weighted by Crippen LogP contribution is 2.38. The number of nitro benzene ring substituents is 1. The van der Waals surface area contributed by atoms with Crippen molar-refractivity contribution in [2.45, 2.75) is 70.3 Å². The number of rotatable bonds is 9. The van der Waals surface area contributed by atoms with Crippen molar-refractivity contribution in [2.24, 2.45) is 0 Å². The number of carbonyl (C=O) groups is 1. The molecule has 1 aliphatic heterocycles. The Hall–Kier alpha value is -3.64. The first-order chi connectivity index (χ1) is 20.5. The van der Waals surface area contributed by atoms with E-state index in [2.05, 4.69) is 36.2 Å². The van der Waals surface area contributed by atoms with Crippen molar-refractivity contribution in [2.75, 3.05) is 38.1 Å². The summed E-state index contributed by atoms with van der Waals surface area (Å²) < 4.78 is 51.8. The molecule has 2 heterocycles. The van der Waals surface area contributed by atoms with Crippen molar-refractivity contribution in [3.8, 4) is 0 Å². The van der Waals surface area contributed by atoms with Crippen LogP contribution in [0.5, 0.6) is 0 Å². The van der Waals surface area contributed by atoms with Gasteiger partial charge in [-0.05, 0) is 69.9 Å². The summed E-state index contributed by atoms with van der Waals surface area (Å²) in [6.07, 6.45) is -1.49. The van der Waals surface area contributed by atoms with Crippen LogP contribution in [0.1, 0.15) is 49.5 Å². The highest BCUT2D eigenvalue weighted by atomic mass is 19.4. The van der Waals surface area contributed by atoms with Gasteiger partial charge in [0.2, 0.25) is 5.91 Å². The predicted octanol–water partition coefficient (Wildman–Crippen LogP) is 6.18. The van der Waals surface area contributed by atoms with Gasteiger partial charge in [-0.3, -0.25) is 19.8 Å². The first-order valence-corrected chi connectivity index (χ1v) is 14.7. The van der Waals surface area contributed by atoms with Crippen LogP contribution < -0.4 is 5.32 Å². The van der Waals surface area contributed by atoms with E-state index in [0.717, 1.165) is 48.4 Å². The standard InChI is InChI=1S/C31H37F3N4O5/c1-20-3-10-29-22(15-20)17-26(43-29)16-21(2)36-11-13-37(14-12-36)30(39)19-42-25-7-4-23(5-8-25)35-24-6-9-28(38(40)41)27(18-24)31(32,33)34/h3,6,9-10,15,17-18,21,23,25,35H,4-5,7-8,11-14,16,19H2,1-2H3/t21?,23-,25-. The van der Waals surface area contributed by atoms with E-state index in [1.54, 1.807) is 0 Å². The number of fused-ring (bicyclic) bond motifs is 1. The number of hydrogen-bond donors (Lipinski definition) is 1. The van der Waals surface area contributed by atoms with Crippen LogP contribution >= 0.6 is 0 Å². The Morgan fingerprint density at radius 1 is 1.09 bits per heavy atom. The Balaban J connectivity index is 1.02. The lowest BCUT2D eigenvalue weighted by Gasteiger charge is -2.38. The molecular formula is C31H37F3N4O5. The van der Waals surface area contributed by atoms with E-state index in [9.17, 15) is 28.1 Å². The van der Waals surface area contributed by atoms with Crippen LogP contribution in [0, 0.1) is 17.0 Å². The number of hydrogen-bond acceptors (Lipinski definition) is 7. The Kier molecular flexibility index (Phi) is 9.26. The molecule has 0 radical (unpaired) electrons. The van der Waals surface area contributed by atoms with E-state index >= 15 is 0 Å². The summed E-state index contributed by atoms with van der Waals surface area (Å²) in [6.45, 7) is 7.09. The number of anilines is 1. The normalized spacial score (nSPS) is 20.7. The molecule has 1 saturated heterocycles. The fraction of sp³-hybridized carbons (Fsp3) is 0.516. The number of nitrogens with zero attached hydrogens (tertiary/aromatic N) is 3. The van der Waals surface area contributed by atoms with E-state index in [-0.39, 0.29) is 36.4 Å². The Morgan fingerprint density at radius 2 is 1.81 bits per heavy atom. The second-order valence-corrected chi connectivity index (χ2v) is 11.6. The minimum absolute atomic E-state index is 0.00795. The van der Waals surface area contributed by atoms with Gasteiger partial charge in [-0.25, -0.2) is 0 Å². The van der Waals surface area contributed by atoms with E-state index in [1.807, 2.05) is 17.0 Å². The topological polar surface area (TPSA) is 101 Å². The van der Waals surface area contributed by atoms with Gasteiger partial charge in [-0.2, -0.15) is 13.2 Å². The summed E-state index contributed by atoms with van der Waals surface area (Å²) in [5.74, 6) is 0.925. The SMILES string of the molecule is Cc1ccc2oc(CC(C)N3CCN(C(=O)CO[C@H]4CC[C@H](Nc5ccc([N+](=O)[O-])c(C(F)(F)F)c5)CC4)CC3)cc2c1. The van der Waals surface area contributed by atoms with Crippen molar-refractivity contribution < 1.29 is 32.0 Å². The van der Waals surface area contributed by atoms with Gasteiger partial charge < -0.3 is 19.4 Å². The van der Waals surface area contributed by atoms with Gasteiger partial charge in [-0.15, -0.1) is 0 Å². The third kappa shape index (κ3) is 7.66. The van der Waals surface area contributed by atoms with Gasteiger partial charge in [0.25, 0.3) is 5.69 Å². The zero-order valence-corrected chi connectivity index (χ0v) is 24.4. The van der Waals surface area contributed by atoms with Gasteiger partial charge in [0, 0.05) is 61.8 Å². The van der Waals surface area contributed by atoms with Gasteiger partial charge in [0.1, 0.15) is 23.5 Å². The second-order valence-electron chi connectivity index (χ2n) is 11.6. The summed E-state index contributed by atoms with van der Waals surface area (Å²) >= 11 is 0. The lowest BCUT2D eigenvalue weighted by atomic mass is 9.92. The minimum atomic E-state index is -4.82. The van der Waals surface area contributed by atoms with E-state index in [1.165, 1.54) is 11.6 Å². The summed E-state index contributed by atoms with van der Waals surface area (Å²) in [5.41, 5.74) is 0.0617. The molecule has 1 unspecified atom stereocenters. The number of nitrogens with one attached hydrogen (secondary N) is 1. The van der Waals surface area contributed by atoms with E-state index < -0.39 is 22.4 Å². The maximum absolute atomic E-state index is 13.3. The lowest BCUT2D eigenvalue weighted by molar-refractivity contribution is -0.388. The van der Waals surface area contributed by atoms with Crippen LogP contribution in [0.25, 0.3) is 11.0 Å². The molecule has 0 bridgehead atoms. The molecule has 1 saturated carbocycles. The molecule has 3 aromatic rings. The molecule has 12 heteroatoms. The van der Waals surface area contributed by atoms with Crippen molar-refractivity contribution in [1.29, 1.82) is 0 Å². The predicted molar refractivity (Wildman–Crippen MR) is 156 cm³/mol. The smallest absolute Gasteiger partial charge is 0.423 e. The molecule has 1 atom stereocenters. The zero-order chi connectivity index (χ0) is 30.7. The van der Waals surface area contributed by atoms with Crippen molar-refractivity contribution in [1.82, 2.24) is 9.80 Å². The lowest BCUT2D eigenvalue weighted by Crippen LogP contribution is -2.52. The van der Waals surface area contributed by atoms with Crippen LogP contribution in [0.3, 0.4) is 0 Å². The van der Waals surface area contributed by atoms with Crippen molar-refractivity contribution >= 4 is 28.3 Å². The minimum Gasteiger partial charge on any atom is -0.461 e. The first-order valence-electron chi connectivity index (χ1n) is 14.7. The Labute approximate surface area is 248 Å². The maximum Gasteiger partial charge on any atom is 0.423 e. The largest absolute Gasteiger partial charge is 0.461 e. The molecular weight excluding hydrogens is 565 g/mol. The number of nitro groups is 1. The van der Waals surface area contributed by atoms with Crippen LogP contribution in [-0.2, 0) is 22.1 Å². The summed E-state index contributed by atoms with van der Waals surface area (Å²) in [4.78, 5) is 27.0. The van der Waals surface area contributed by atoms with Gasteiger partial charge in [-0.1, -0.05) is 11.6 Å². The molecule has 43 heavy (non-hydrogen) atoms. The summed E-state index contributed by atoms with van der Waals surface area (Å²) in [6, 6.07) is 11.5. The fourth-order valence-electron chi connectivity index (χ4n) is 6.05. The monoisotopic (exact) mass is 602 g/mol. The van der Waals surface area contributed by atoms with E-state index in [4.69, 9.17) is 9.15 Å². The van der Waals surface area contributed by atoms with Crippen molar-refractivity contribution in [3.05, 3.63) is 69.5 Å². The van der Waals surface area contributed by atoms with Crippen LogP contribution in [-0.4, -0.2) is 71.6 Å². The Morgan fingerprint density at radius 3 is 2.49 bits per heavy atom. The third-order valence-corrected chi connectivity index (χ3v) is 8.50. The molecule has 1 N–H and O–H groups in total. The van der Waals surface area contributed by atoms with Crippen LogP contribution in [0.2, 0.25) is 0 Å². The zero-order valence-electron chi connectivity index (χ0n) is 24.4. The highest BCUT2D eigenvalue weighted by molar-refractivity contribution is 5.78. The number of aryl methyl sites for hydroxylation is 1. The fourth-order valence-corrected chi connectivity index (χ4v) is 6.05. The number of furan rings is 1. The molecule has 9 nitrogen and oxygen atoms in total. The molecule has 0 spiro atoms. The molecule has 2 fully saturated rings. The van der Waals surface area contributed by atoms with Crippen molar-refractivity contribution in [3.63, 3.8) is 0 Å². The Bertz CT molecular complexity index is 1440. The maximum atomic E-state index is 13.3.